The van der Waals surface area contributed by atoms with Crippen molar-refractivity contribution in [1.29, 1.82) is 0 Å². The number of hydrogen-bond donors (Lipinski definition) is 1. The van der Waals surface area contributed by atoms with Gasteiger partial charge in [0.25, 0.3) is 0 Å². The molecule has 1 aliphatic heterocycles. The minimum atomic E-state index is -0.214. The van der Waals surface area contributed by atoms with Crippen LogP contribution in [0.5, 0.6) is 0 Å². The van der Waals surface area contributed by atoms with E-state index < -0.39 is 0 Å². The standard InChI is InChI=1S/C16H25N3O3/c1-10(2)19-9-13(8-15(19)20)16(21)17-7-5-6-14-11(3)18-22-12(14)4/h10,13H,5-9H2,1-4H3,(H,17,21)/t13-/m1/s1. The average molecular weight is 307 g/mol. The zero-order chi connectivity index (χ0) is 16.3. The fraction of sp³-hybridized carbons (Fsp3) is 0.688. The van der Waals surface area contributed by atoms with Crippen LogP contribution in [0.4, 0.5) is 0 Å². The summed E-state index contributed by atoms with van der Waals surface area (Å²) in [5.41, 5.74) is 2.04. The van der Waals surface area contributed by atoms with E-state index in [9.17, 15) is 9.59 Å². The molecule has 0 aromatic carbocycles. The number of nitrogens with zero attached hydrogens (tertiary/aromatic N) is 2. The molecule has 2 heterocycles. The molecule has 2 amide bonds. The van der Waals surface area contributed by atoms with Crippen molar-refractivity contribution in [2.24, 2.45) is 5.92 Å². The molecule has 0 aliphatic carbocycles. The van der Waals surface area contributed by atoms with E-state index in [1.807, 2.05) is 27.7 Å². The number of nitrogens with one attached hydrogen (secondary N) is 1. The molecule has 0 saturated carbocycles. The topological polar surface area (TPSA) is 75.4 Å². The van der Waals surface area contributed by atoms with E-state index in [-0.39, 0.29) is 23.8 Å². The molecule has 22 heavy (non-hydrogen) atoms. The smallest absolute Gasteiger partial charge is 0.225 e. The Balaban J connectivity index is 1.74. The number of carbonyl (C=O) groups excluding carboxylic acids is 2. The quantitative estimate of drug-likeness (QED) is 0.810. The van der Waals surface area contributed by atoms with E-state index in [0.29, 0.717) is 19.5 Å². The molecule has 1 N–H and O–H groups in total. The van der Waals surface area contributed by atoms with Gasteiger partial charge < -0.3 is 14.7 Å². The Morgan fingerprint density at radius 1 is 1.45 bits per heavy atom. The zero-order valence-corrected chi connectivity index (χ0v) is 13.8. The van der Waals surface area contributed by atoms with Crippen molar-refractivity contribution < 1.29 is 14.1 Å². The number of amides is 2. The maximum atomic E-state index is 12.1. The predicted octanol–water partition coefficient (Wildman–Crippen LogP) is 1.60. The van der Waals surface area contributed by atoms with E-state index in [1.54, 1.807) is 4.90 Å². The summed E-state index contributed by atoms with van der Waals surface area (Å²) < 4.78 is 5.12. The maximum absolute atomic E-state index is 12.1. The largest absolute Gasteiger partial charge is 0.361 e. The number of rotatable bonds is 6. The molecule has 122 valence electrons. The molecule has 1 fully saturated rings. The molecule has 0 spiro atoms. The summed E-state index contributed by atoms with van der Waals surface area (Å²) in [6.45, 7) is 8.92. The van der Waals surface area contributed by atoms with Crippen molar-refractivity contribution in [3.63, 3.8) is 0 Å². The molecular formula is C16H25N3O3. The van der Waals surface area contributed by atoms with Crippen LogP contribution in [-0.2, 0) is 16.0 Å². The highest BCUT2D eigenvalue weighted by atomic mass is 16.5. The summed E-state index contributed by atoms with van der Waals surface area (Å²) in [7, 11) is 0. The molecule has 2 rings (SSSR count). The van der Waals surface area contributed by atoms with Gasteiger partial charge in [0, 0.05) is 31.1 Å². The first-order valence-corrected chi connectivity index (χ1v) is 7.89. The van der Waals surface area contributed by atoms with Crippen LogP contribution in [0.1, 0.15) is 43.7 Å². The summed E-state index contributed by atoms with van der Waals surface area (Å²) in [6.07, 6.45) is 2.00. The molecule has 0 radical (unpaired) electrons. The van der Waals surface area contributed by atoms with Crippen molar-refractivity contribution in [2.75, 3.05) is 13.1 Å². The van der Waals surface area contributed by atoms with Gasteiger partial charge in [0.1, 0.15) is 5.76 Å². The Bertz CT molecular complexity index is 531. The molecule has 1 aliphatic rings. The second kappa shape index (κ2) is 6.94. The summed E-state index contributed by atoms with van der Waals surface area (Å²) >= 11 is 0. The lowest BCUT2D eigenvalue weighted by Crippen LogP contribution is -2.35. The van der Waals surface area contributed by atoms with Gasteiger partial charge in [-0.05, 0) is 40.5 Å². The van der Waals surface area contributed by atoms with Gasteiger partial charge >= 0.3 is 0 Å². The van der Waals surface area contributed by atoms with Crippen molar-refractivity contribution in [3.8, 4) is 0 Å². The van der Waals surface area contributed by atoms with E-state index in [0.717, 1.165) is 29.9 Å². The molecule has 1 saturated heterocycles. The lowest BCUT2D eigenvalue weighted by atomic mass is 10.1. The van der Waals surface area contributed by atoms with Gasteiger partial charge in [0.15, 0.2) is 0 Å². The lowest BCUT2D eigenvalue weighted by Gasteiger charge is -2.20. The van der Waals surface area contributed by atoms with Gasteiger partial charge in [-0.3, -0.25) is 9.59 Å². The van der Waals surface area contributed by atoms with Gasteiger partial charge in [-0.1, -0.05) is 5.16 Å². The predicted molar refractivity (Wildman–Crippen MR) is 82.3 cm³/mol. The highest BCUT2D eigenvalue weighted by Crippen LogP contribution is 2.20. The summed E-state index contributed by atoms with van der Waals surface area (Å²) in [4.78, 5) is 25.7. The Labute approximate surface area is 131 Å². The third-order valence-electron chi connectivity index (χ3n) is 4.24. The highest BCUT2D eigenvalue weighted by molar-refractivity contribution is 5.89. The molecule has 0 bridgehead atoms. The number of aryl methyl sites for hydroxylation is 2. The Morgan fingerprint density at radius 3 is 2.73 bits per heavy atom. The van der Waals surface area contributed by atoms with Crippen LogP contribution >= 0.6 is 0 Å². The molecule has 1 aromatic rings. The van der Waals surface area contributed by atoms with Gasteiger partial charge in [-0.15, -0.1) is 0 Å². The molecule has 0 unspecified atom stereocenters. The molecule has 1 aromatic heterocycles. The third kappa shape index (κ3) is 3.67. The molecule has 6 nitrogen and oxygen atoms in total. The summed E-state index contributed by atoms with van der Waals surface area (Å²) in [5, 5.41) is 6.86. The fourth-order valence-electron chi connectivity index (χ4n) is 2.89. The second-order valence-corrected chi connectivity index (χ2v) is 6.24. The van der Waals surface area contributed by atoms with Crippen molar-refractivity contribution >= 4 is 11.8 Å². The maximum Gasteiger partial charge on any atom is 0.225 e. The SMILES string of the molecule is Cc1noc(C)c1CCCNC(=O)[C@@H]1CC(=O)N(C(C)C)C1. The van der Waals surface area contributed by atoms with E-state index in [2.05, 4.69) is 10.5 Å². The summed E-state index contributed by atoms with van der Waals surface area (Å²) in [5.74, 6) is 0.688. The van der Waals surface area contributed by atoms with Crippen LogP contribution in [-0.4, -0.2) is 41.0 Å². The fourth-order valence-corrected chi connectivity index (χ4v) is 2.89. The molecular weight excluding hydrogens is 282 g/mol. The Kier molecular flexibility index (Phi) is 5.21. The van der Waals surface area contributed by atoms with Crippen LogP contribution in [0.25, 0.3) is 0 Å². The molecule has 6 heteroatoms. The van der Waals surface area contributed by atoms with Crippen molar-refractivity contribution in [2.45, 2.75) is 53.0 Å². The monoisotopic (exact) mass is 307 g/mol. The van der Waals surface area contributed by atoms with Gasteiger partial charge in [0.2, 0.25) is 11.8 Å². The average Bonchev–Trinajstić information content (AvgIpc) is 2.99. The first-order chi connectivity index (χ1) is 10.4. The first-order valence-electron chi connectivity index (χ1n) is 7.89. The summed E-state index contributed by atoms with van der Waals surface area (Å²) in [6, 6.07) is 0.157. The first kappa shape index (κ1) is 16.5. The minimum absolute atomic E-state index is 0.0183. The van der Waals surface area contributed by atoms with Gasteiger partial charge in [-0.25, -0.2) is 0 Å². The van der Waals surface area contributed by atoms with Crippen LogP contribution in [0, 0.1) is 19.8 Å². The Hall–Kier alpha value is -1.85. The lowest BCUT2D eigenvalue weighted by molar-refractivity contribution is -0.129. The van der Waals surface area contributed by atoms with Crippen molar-refractivity contribution in [3.05, 3.63) is 17.0 Å². The third-order valence-corrected chi connectivity index (χ3v) is 4.24. The van der Waals surface area contributed by atoms with Gasteiger partial charge in [0.05, 0.1) is 11.6 Å². The van der Waals surface area contributed by atoms with Crippen LogP contribution < -0.4 is 5.32 Å². The highest BCUT2D eigenvalue weighted by Gasteiger charge is 2.35. The van der Waals surface area contributed by atoms with E-state index >= 15 is 0 Å². The number of likely N-dealkylation sites (tertiary alicyclic amines) is 1. The zero-order valence-electron chi connectivity index (χ0n) is 13.8. The van der Waals surface area contributed by atoms with Crippen molar-refractivity contribution in [1.82, 2.24) is 15.4 Å². The number of hydrogen-bond acceptors (Lipinski definition) is 4. The number of aromatic nitrogens is 1. The number of carbonyl (C=O) groups is 2. The molecule has 1 atom stereocenters. The van der Waals surface area contributed by atoms with Crippen LogP contribution in [0.3, 0.4) is 0 Å². The normalized spacial score (nSPS) is 18.3. The van der Waals surface area contributed by atoms with E-state index in [1.165, 1.54) is 0 Å². The Morgan fingerprint density at radius 2 is 2.18 bits per heavy atom. The van der Waals surface area contributed by atoms with E-state index in [4.69, 9.17) is 4.52 Å². The van der Waals surface area contributed by atoms with Gasteiger partial charge in [-0.2, -0.15) is 0 Å². The van der Waals surface area contributed by atoms with Crippen LogP contribution in [0.15, 0.2) is 4.52 Å². The minimum Gasteiger partial charge on any atom is -0.361 e. The van der Waals surface area contributed by atoms with Crippen LogP contribution in [0.2, 0.25) is 0 Å². The second-order valence-electron chi connectivity index (χ2n) is 6.24.